The van der Waals surface area contributed by atoms with Crippen LogP contribution >= 0.6 is 0 Å². The van der Waals surface area contributed by atoms with Gasteiger partial charge in [0.05, 0.1) is 23.2 Å². The zero-order chi connectivity index (χ0) is 23.8. The minimum absolute atomic E-state index is 0.113. The van der Waals surface area contributed by atoms with Crippen LogP contribution in [0.4, 0.5) is 5.69 Å². The Morgan fingerprint density at radius 1 is 0.939 bits per heavy atom. The quantitative estimate of drug-likeness (QED) is 0.463. The molecular formula is C26H30N2O4S. The van der Waals surface area contributed by atoms with Gasteiger partial charge < -0.3 is 10.1 Å². The minimum Gasteiger partial charge on any atom is -0.492 e. The average Bonchev–Trinajstić information content (AvgIpc) is 2.82. The van der Waals surface area contributed by atoms with E-state index in [9.17, 15) is 13.2 Å². The summed E-state index contributed by atoms with van der Waals surface area (Å²) in [5.74, 6) is 0.00581. The van der Waals surface area contributed by atoms with Crippen molar-refractivity contribution in [2.24, 2.45) is 0 Å². The van der Waals surface area contributed by atoms with Crippen molar-refractivity contribution < 1.29 is 17.9 Å². The molecule has 3 aromatic rings. The van der Waals surface area contributed by atoms with E-state index in [0.29, 0.717) is 24.5 Å². The van der Waals surface area contributed by atoms with Crippen molar-refractivity contribution in [3.05, 3.63) is 90.0 Å². The van der Waals surface area contributed by atoms with Gasteiger partial charge in [-0.3, -0.25) is 9.10 Å². The maximum atomic E-state index is 13.7. The second-order valence-corrected chi connectivity index (χ2v) is 9.53. The molecule has 0 heterocycles. The Kier molecular flexibility index (Phi) is 8.11. The maximum Gasteiger partial charge on any atom is 0.264 e. The number of amides is 1. The molecule has 0 spiro atoms. The van der Waals surface area contributed by atoms with Gasteiger partial charge in [0.1, 0.15) is 12.3 Å². The third kappa shape index (κ3) is 5.93. The zero-order valence-electron chi connectivity index (χ0n) is 19.2. The van der Waals surface area contributed by atoms with Crippen molar-refractivity contribution in [2.45, 2.75) is 38.1 Å². The first-order valence-corrected chi connectivity index (χ1v) is 12.5. The standard InChI is InChI=1S/C26H30N2O4S/c1-4-23(21-11-7-6-8-12-21)27-26(29)19-28(24-13-9-10-14-25(24)32-5-2)33(30,31)22-17-15-20(3)16-18-22/h6-18,23H,4-5,19H2,1-3H3,(H,27,29). The molecular weight excluding hydrogens is 436 g/mol. The van der Waals surface area contributed by atoms with Gasteiger partial charge >= 0.3 is 0 Å². The zero-order valence-corrected chi connectivity index (χ0v) is 20.0. The van der Waals surface area contributed by atoms with Gasteiger partial charge in [0.2, 0.25) is 5.91 Å². The monoisotopic (exact) mass is 466 g/mol. The van der Waals surface area contributed by atoms with E-state index in [0.717, 1.165) is 15.4 Å². The Morgan fingerprint density at radius 3 is 2.21 bits per heavy atom. The molecule has 0 fully saturated rings. The van der Waals surface area contributed by atoms with Gasteiger partial charge in [0, 0.05) is 0 Å². The van der Waals surface area contributed by atoms with Crippen LogP contribution in [-0.4, -0.2) is 27.5 Å². The molecule has 0 aliphatic carbocycles. The lowest BCUT2D eigenvalue weighted by Gasteiger charge is -2.27. The van der Waals surface area contributed by atoms with Gasteiger partial charge in [0.15, 0.2) is 0 Å². The van der Waals surface area contributed by atoms with E-state index in [4.69, 9.17) is 4.74 Å². The number of hydrogen-bond donors (Lipinski definition) is 1. The lowest BCUT2D eigenvalue weighted by Crippen LogP contribution is -2.42. The summed E-state index contributed by atoms with van der Waals surface area (Å²) in [4.78, 5) is 13.2. The predicted molar refractivity (Wildman–Crippen MR) is 131 cm³/mol. The van der Waals surface area contributed by atoms with Crippen LogP contribution in [-0.2, 0) is 14.8 Å². The summed E-state index contributed by atoms with van der Waals surface area (Å²) in [6.45, 7) is 5.69. The molecule has 0 saturated carbocycles. The predicted octanol–water partition coefficient (Wildman–Crippen LogP) is 4.86. The van der Waals surface area contributed by atoms with Crippen molar-refractivity contribution in [2.75, 3.05) is 17.5 Å². The van der Waals surface area contributed by atoms with Crippen LogP contribution in [0, 0.1) is 6.92 Å². The van der Waals surface area contributed by atoms with Crippen molar-refractivity contribution >= 4 is 21.6 Å². The molecule has 3 rings (SSSR count). The van der Waals surface area contributed by atoms with E-state index >= 15 is 0 Å². The first-order valence-electron chi connectivity index (χ1n) is 11.0. The average molecular weight is 467 g/mol. The topological polar surface area (TPSA) is 75.7 Å². The fourth-order valence-electron chi connectivity index (χ4n) is 3.55. The van der Waals surface area contributed by atoms with Crippen molar-refractivity contribution in [3.63, 3.8) is 0 Å². The number of aryl methyl sites for hydroxylation is 1. The Bertz CT molecular complexity index is 1160. The largest absolute Gasteiger partial charge is 0.492 e. The summed E-state index contributed by atoms with van der Waals surface area (Å²) in [6.07, 6.45) is 0.677. The molecule has 174 valence electrons. The molecule has 3 aromatic carbocycles. The smallest absolute Gasteiger partial charge is 0.264 e. The van der Waals surface area contributed by atoms with Gasteiger partial charge in [0.25, 0.3) is 10.0 Å². The molecule has 0 radical (unpaired) electrons. The number of nitrogens with one attached hydrogen (secondary N) is 1. The van der Waals surface area contributed by atoms with E-state index in [1.54, 1.807) is 48.5 Å². The number of sulfonamides is 1. The van der Waals surface area contributed by atoms with Gasteiger partial charge in [-0.15, -0.1) is 0 Å². The Morgan fingerprint density at radius 2 is 1.58 bits per heavy atom. The fraction of sp³-hybridized carbons (Fsp3) is 0.269. The van der Waals surface area contributed by atoms with Crippen LogP contribution in [0.5, 0.6) is 5.75 Å². The summed E-state index contributed by atoms with van der Waals surface area (Å²) in [6, 6.07) is 22.8. The summed E-state index contributed by atoms with van der Waals surface area (Å²) in [7, 11) is -4.02. The molecule has 0 saturated heterocycles. The van der Waals surface area contributed by atoms with E-state index in [2.05, 4.69) is 5.32 Å². The summed E-state index contributed by atoms with van der Waals surface area (Å²) in [5, 5.41) is 2.98. The second kappa shape index (κ2) is 11.0. The highest BCUT2D eigenvalue weighted by molar-refractivity contribution is 7.92. The van der Waals surface area contributed by atoms with Crippen LogP contribution in [0.2, 0.25) is 0 Å². The molecule has 0 aromatic heterocycles. The lowest BCUT2D eigenvalue weighted by molar-refractivity contribution is -0.120. The molecule has 1 amide bonds. The lowest BCUT2D eigenvalue weighted by atomic mass is 10.0. The maximum absolute atomic E-state index is 13.7. The van der Waals surface area contributed by atoms with Crippen molar-refractivity contribution in [1.29, 1.82) is 0 Å². The van der Waals surface area contributed by atoms with E-state index in [1.807, 2.05) is 51.1 Å². The molecule has 33 heavy (non-hydrogen) atoms. The number of rotatable bonds is 10. The van der Waals surface area contributed by atoms with E-state index in [-0.39, 0.29) is 17.5 Å². The first kappa shape index (κ1) is 24.3. The number of nitrogens with zero attached hydrogens (tertiary/aromatic N) is 1. The fourth-order valence-corrected chi connectivity index (χ4v) is 4.99. The Balaban J connectivity index is 1.97. The normalized spacial score (nSPS) is 12.1. The van der Waals surface area contributed by atoms with E-state index in [1.165, 1.54) is 0 Å². The first-order chi connectivity index (χ1) is 15.9. The minimum atomic E-state index is -4.02. The summed E-state index contributed by atoms with van der Waals surface area (Å²) in [5.41, 5.74) is 2.24. The molecule has 0 bridgehead atoms. The van der Waals surface area contributed by atoms with Crippen LogP contribution < -0.4 is 14.4 Å². The molecule has 0 aliphatic rings. The molecule has 7 heteroatoms. The Labute approximate surface area is 196 Å². The highest BCUT2D eigenvalue weighted by atomic mass is 32.2. The summed E-state index contributed by atoms with van der Waals surface area (Å²) >= 11 is 0. The van der Waals surface area contributed by atoms with Crippen LogP contribution in [0.3, 0.4) is 0 Å². The highest BCUT2D eigenvalue weighted by Crippen LogP contribution is 2.32. The highest BCUT2D eigenvalue weighted by Gasteiger charge is 2.30. The van der Waals surface area contributed by atoms with Gasteiger partial charge in [-0.1, -0.05) is 67.1 Å². The molecule has 1 N–H and O–H groups in total. The van der Waals surface area contributed by atoms with Gasteiger partial charge in [-0.05, 0) is 50.1 Å². The molecule has 1 atom stereocenters. The SMILES string of the molecule is CCOc1ccccc1N(CC(=O)NC(CC)c1ccccc1)S(=O)(=O)c1ccc(C)cc1. The van der Waals surface area contributed by atoms with Gasteiger partial charge in [-0.25, -0.2) is 8.42 Å². The van der Waals surface area contributed by atoms with Crippen molar-refractivity contribution in [3.8, 4) is 5.75 Å². The number of hydrogen-bond acceptors (Lipinski definition) is 4. The van der Waals surface area contributed by atoms with Crippen LogP contribution in [0.1, 0.15) is 37.4 Å². The number of carbonyl (C=O) groups is 1. The number of carbonyl (C=O) groups excluding carboxylic acids is 1. The van der Waals surface area contributed by atoms with Crippen molar-refractivity contribution in [1.82, 2.24) is 5.32 Å². The third-order valence-corrected chi connectivity index (χ3v) is 7.05. The molecule has 0 aliphatic heterocycles. The number of anilines is 1. The van der Waals surface area contributed by atoms with Gasteiger partial charge in [-0.2, -0.15) is 0 Å². The van der Waals surface area contributed by atoms with Crippen LogP contribution in [0.15, 0.2) is 83.8 Å². The Hall–Kier alpha value is -3.32. The number of para-hydroxylation sites is 2. The second-order valence-electron chi connectivity index (χ2n) is 7.66. The van der Waals surface area contributed by atoms with E-state index < -0.39 is 15.9 Å². The summed E-state index contributed by atoms with van der Waals surface area (Å²) < 4.78 is 34.1. The third-order valence-electron chi connectivity index (χ3n) is 5.28. The number of benzene rings is 3. The molecule has 1 unspecified atom stereocenters. The molecule has 6 nitrogen and oxygen atoms in total. The van der Waals surface area contributed by atoms with Crippen LogP contribution in [0.25, 0.3) is 0 Å². The number of ether oxygens (including phenoxy) is 1.